The molecule has 0 spiro atoms. The monoisotopic (exact) mass is 165 g/mol. The van der Waals surface area contributed by atoms with Crippen LogP contribution in [-0.2, 0) is 0 Å². The van der Waals surface area contributed by atoms with Crippen LogP contribution in [0.3, 0.4) is 0 Å². The number of nitrogens with zero attached hydrogens (tertiary/aromatic N) is 3. The van der Waals surface area contributed by atoms with E-state index in [1.165, 1.54) is 0 Å². The van der Waals surface area contributed by atoms with Gasteiger partial charge in [0.2, 0.25) is 5.95 Å². The molecular formula is C9H15N3. The van der Waals surface area contributed by atoms with Gasteiger partial charge in [0.1, 0.15) is 0 Å². The van der Waals surface area contributed by atoms with Crippen molar-refractivity contribution in [1.29, 1.82) is 0 Å². The molecule has 1 rings (SSSR count). The van der Waals surface area contributed by atoms with E-state index in [0.29, 0.717) is 5.95 Å². The average molecular weight is 165 g/mol. The first-order valence-electron chi connectivity index (χ1n) is 3.92. The normalized spacial score (nSPS) is 8.25. The summed E-state index contributed by atoms with van der Waals surface area (Å²) in [4.78, 5) is 7.76. The molecule has 1 aromatic rings. The highest BCUT2D eigenvalue weighted by Crippen LogP contribution is 2.10. The van der Waals surface area contributed by atoms with Gasteiger partial charge in [-0.25, -0.2) is 9.98 Å². The number of aliphatic imine (C=N–C) groups is 1. The molecule has 0 amide bonds. The zero-order valence-corrected chi connectivity index (χ0v) is 7.91. The Morgan fingerprint density at radius 1 is 1.58 bits per heavy atom. The second-order valence-electron chi connectivity index (χ2n) is 1.93. The van der Waals surface area contributed by atoms with Crippen molar-refractivity contribution in [2.45, 2.75) is 20.8 Å². The Hall–Kier alpha value is -1.38. The fraction of sp³-hybridized carbons (Fsp3) is 0.333. The van der Waals surface area contributed by atoms with Gasteiger partial charge in [-0.3, -0.25) is 4.57 Å². The smallest absolute Gasteiger partial charge is 0.233 e. The molecular weight excluding hydrogens is 150 g/mol. The first kappa shape index (κ1) is 10.6. The Balaban J connectivity index is 0.000000561. The van der Waals surface area contributed by atoms with Crippen molar-refractivity contribution in [2.24, 2.45) is 4.99 Å². The van der Waals surface area contributed by atoms with Crippen LogP contribution in [0.1, 0.15) is 19.5 Å². The predicted octanol–water partition coefficient (Wildman–Crippen LogP) is 2.65. The fourth-order valence-corrected chi connectivity index (χ4v) is 0.755. The van der Waals surface area contributed by atoms with Crippen molar-refractivity contribution in [3.05, 3.63) is 18.5 Å². The highest BCUT2D eigenvalue weighted by atomic mass is 15.1. The highest BCUT2D eigenvalue weighted by Gasteiger charge is 1.97. The summed E-state index contributed by atoms with van der Waals surface area (Å²) < 4.78 is 1.72. The third-order valence-corrected chi connectivity index (χ3v) is 1.17. The van der Waals surface area contributed by atoms with Gasteiger partial charge in [-0.2, -0.15) is 0 Å². The van der Waals surface area contributed by atoms with Crippen LogP contribution in [0, 0.1) is 6.92 Å². The summed E-state index contributed by atoms with van der Waals surface area (Å²) in [6.45, 7) is 12.9. The van der Waals surface area contributed by atoms with Crippen molar-refractivity contribution in [3.8, 4) is 0 Å². The van der Waals surface area contributed by atoms with E-state index in [0.717, 1.165) is 5.69 Å². The van der Waals surface area contributed by atoms with Crippen molar-refractivity contribution < 1.29 is 0 Å². The number of rotatable bonds is 2. The standard InChI is InChI=1S/C7H9N3.C2H6/c1-4-10-5-6(2)9-7(10)8-3;1-2/h4-5H,1,3H2,2H3;1-2H3. The summed E-state index contributed by atoms with van der Waals surface area (Å²) in [5.74, 6) is 0.590. The molecule has 0 unspecified atom stereocenters. The second kappa shape index (κ2) is 5.29. The molecule has 0 saturated carbocycles. The summed E-state index contributed by atoms with van der Waals surface area (Å²) in [5.41, 5.74) is 0.919. The van der Waals surface area contributed by atoms with E-state index in [4.69, 9.17) is 0 Å². The largest absolute Gasteiger partial charge is 0.292 e. The molecule has 0 bridgehead atoms. The van der Waals surface area contributed by atoms with E-state index in [2.05, 4.69) is 23.3 Å². The van der Waals surface area contributed by atoms with Gasteiger partial charge in [0.15, 0.2) is 0 Å². The summed E-state index contributed by atoms with van der Waals surface area (Å²) in [7, 11) is 0. The Morgan fingerprint density at radius 2 is 2.17 bits per heavy atom. The van der Waals surface area contributed by atoms with Gasteiger partial charge in [-0.15, -0.1) is 0 Å². The summed E-state index contributed by atoms with van der Waals surface area (Å²) in [6, 6.07) is 0. The Labute approximate surface area is 73.5 Å². The average Bonchev–Trinajstić information content (AvgIpc) is 2.49. The van der Waals surface area contributed by atoms with Gasteiger partial charge in [0.25, 0.3) is 0 Å². The van der Waals surface area contributed by atoms with Gasteiger partial charge in [-0.05, 0) is 13.6 Å². The minimum atomic E-state index is 0.590. The maximum Gasteiger partial charge on any atom is 0.233 e. The van der Waals surface area contributed by atoms with E-state index in [1.807, 2.05) is 27.0 Å². The Kier molecular flexibility index (Phi) is 4.69. The molecule has 1 aromatic heterocycles. The van der Waals surface area contributed by atoms with E-state index in [9.17, 15) is 0 Å². The van der Waals surface area contributed by atoms with Crippen molar-refractivity contribution in [3.63, 3.8) is 0 Å². The van der Waals surface area contributed by atoms with Crippen molar-refractivity contribution >= 4 is 18.9 Å². The Bertz CT molecular complexity index is 235. The van der Waals surface area contributed by atoms with Gasteiger partial charge < -0.3 is 0 Å². The van der Waals surface area contributed by atoms with Crippen LogP contribution in [0.15, 0.2) is 17.8 Å². The molecule has 0 aliphatic heterocycles. The molecule has 1 heterocycles. The van der Waals surface area contributed by atoms with Crippen molar-refractivity contribution in [2.75, 3.05) is 0 Å². The third-order valence-electron chi connectivity index (χ3n) is 1.17. The van der Waals surface area contributed by atoms with Crippen LogP contribution in [0.5, 0.6) is 0 Å². The lowest BCUT2D eigenvalue weighted by Gasteiger charge is -1.90. The number of hydrogen-bond donors (Lipinski definition) is 0. The summed E-state index contributed by atoms with van der Waals surface area (Å²) in [6.07, 6.45) is 3.49. The third kappa shape index (κ3) is 2.34. The summed E-state index contributed by atoms with van der Waals surface area (Å²) >= 11 is 0. The predicted molar refractivity (Wildman–Crippen MR) is 53.9 cm³/mol. The minimum Gasteiger partial charge on any atom is -0.292 e. The molecule has 0 fully saturated rings. The molecule has 66 valence electrons. The second-order valence-corrected chi connectivity index (χ2v) is 1.93. The van der Waals surface area contributed by atoms with Gasteiger partial charge in [0, 0.05) is 12.4 Å². The van der Waals surface area contributed by atoms with Gasteiger partial charge >= 0.3 is 0 Å². The molecule has 12 heavy (non-hydrogen) atoms. The number of aromatic nitrogens is 2. The lowest BCUT2D eigenvalue weighted by molar-refractivity contribution is 1.12. The molecule has 0 radical (unpaired) electrons. The zero-order chi connectivity index (χ0) is 9.56. The van der Waals surface area contributed by atoms with E-state index >= 15 is 0 Å². The maximum atomic E-state index is 4.06. The van der Waals surface area contributed by atoms with Crippen LogP contribution in [0.4, 0.5) is 5.95 Å². The summed E-state index contributed by atoms with van der Waals surface area (Å²) in [5, 5.41) is 0. The lowest BCUT2D eigenvalue weighted by atomic mass is 10.6. The van der Waals surface area contributed by atoms with Crippen LogP contribution in [0.2, 0.25) is 0 Å². The topological polar surface area (TPSA) is 30.2 Å². The quantitative estimate of drug-likeness (QED) is 0.619. The minimum absolute atomic E-state index is 0.590. The molecule has 0 saturated heterocycles. The van der Waals surface area contributed by atoms with Gasteiger partial charge in [-0.1, -0.05) is 20.4 Å². The van der Waals surface area contributed by atoms with Crippen LogP contribution < -0.4 is 0 Å². The number of hydrogen-bond acceptors (Lipinski definition) is 2. The zero-order valence-electron chi connectivity index (χ0n) is 7.91. The molecule has 0 N–H and O–H groups in total. The Morgan fingerprint density at radius 3 is 2.50 bits per heavy atom. The highest BCUT2D eigenvalue weighted by molar-refractivity contribution is 5.41. The molecule has 3 nitrogen and oxygen atoms in total. The van der Waals surface area contributed by atoms with Crippen molar-refractivity contribution in [1.82, 2.24) is 9.55 Å². The molecule has 0 aromatic carbocycles. The van der Waals surface area contributed by atoms with Crippen LogP contribution >= 0.6 is 0 Å². The van der Waals surface area contributed by atoms with Crippen LogP contribution in [-0.4, -0.2) is 16.3 Å². The van der Waals surface area contributed by atoms with Crippen LogP contribution in [0.25, 0.3) is 6.20 Å². The molecule has 0 aliphatic carbocycles. The van der Waals surface area contributed by atoms with E-state index < -0.39 is 0 Å². The van der Waals surface area contributed by atoms with E-state index in [-0.39, 0.29) is 0 Å². The molecule has 3 heteroatoms. The van der Waals surface area contributed by atoms with E-state index in [1.54, 1.807) is 10.8 Å². The van der Waals surface area contributed by atoms with Gasteiger partial charge in [0.05, 0.1) is 5.69 Å². The maximum absolute atomic E-state index is 4.06. The molecule has 0 atom stereocenters. The first-order valence-corrected chi connectivity index (χ1v) is 3.92. The lowest BCUT2D eigenvalue weighted by Crippen LogP contribution is -1.79. The fourth-order valence-electron chi connectivity index (χ4n) is 0.755. The number of aryl methyl sites for hydroxylation is 1. The SMILES string of the molecule is C=Cn1cc(C)nc1N=C.CC. The number of imidazole rings is 1. The molecule has 0 aliphatic rings. The first-order chi connectivity index (χ1) is 5.77.